The van der Waals surface area contributed by atoms with Crippen molar-refractivity contribution in [1.82, 2.24) is 10.2 Å². The summed E-state index contributed by atoms with van der Waals surface area (Å²) < 4.78 is 0. The number of carbonyl (C=O) groups excluding carboxylic acids is 2. The van der Waals surface area contributed by atoms with Gasteiger partial charge >= 0.3 is 0 Å². The van der Waals surface area contributed by atoms with Gasteiger partial charge in [0.05, 0.1) is 0 Å². The van der Waals surface area contributed by atoms with Crippen LogP contribution in [0.15, 0.2) is 11.6 Å². The van der Waals surface area contributed by atoms with Crippen LogP contribution in [0.3, 0.4) is 0 Å². The number of hydrogen-bond donors (Lipinski definition) is 1. The molecule has 0 aromatic rings. The average molecular weight is 290 g/mol. The van der Waals surface area contributed by atoms with E-state index in [1.54, 1.807) is 0 Å². The third kappa shape index (κ3) is 3.37. The molecule has 2 aliphatic heterocycles. The molecule has 0 atom stereocenters. The Kier molecular flexibility index (Phi) is 4.43. The van der Waals surface area contributed by atoms with E-state index in [2.05, 4.69) is 11.4 Å². The Morgan fingerprint density at radius 1 is 1.10 bits per heavy atom. The van der Waals surface area contributed by atoms with Gasteiger partial charge in [-0.1, -0.05) is 30.9 Å². The zero-order chi connectivity index (χ0) is 14.7. The van der Waals surface area contributed by atoms with Crippen molar-refractivity contribution in [3.8, 4) is 0 Å². The number of nitrogens with one attached hydrogen (secondary N) is 1. The third-order valence-electron chi connectivity index (χ3n) is 5.38. The lowest BCUT2D eigenvalue weighted by molar-refractivity contribution is -0.154. The fraction of sp³-hybridized carbons (Fsp3) is 0.765. The van der Waals surface area contributed by atoms with Gasteiger partial charge in [-0.3, -0.25) is 14.5 Å². The fourth-order valence-corrected chi connectivity index (χ4v) is 4.09. The summed E-state index contributed by atoms with van der Waals surface area (Å²) in [5, 5.41) is 3.29. The van der Waals surface area contributed by atoms with Gasteiger partial charge in [0.15, 0.2) is 0 Å². The van der Waals surface area contributed by atoms with Gasteiger partial charge in [-0.25, -0.2) is 0 Å². The molecule has 0 unspecified atom stereocenters. The molecule has 3 aliphatic rings. The molecule has 1 aliphatic carbocycles. The summed E-state index contributed by atoms with van der Waals surface area (Å²) in [5.41, 5.74) is 1.39. The standard InChI is InChI=1S/C17H26N2O2/c20-15-12-17(7-2-1-3-8-17)13-16(21)19(15)11-6-14-4-9-18-10-5-14/h4,18H,1-3,5-13H2. The highest BCUT2D eigenvalue weighted by molar-refractivity contribution is 5.98. The first kappa shape index (κ1) is 14.8. The lowest BCUT2D eigenvalue weighted by Crippen LogP contribution is -2.49. The molecule has 1 N–H and O–H groups in total. The van der Waals surface area contributed by atoms with Crippen molar-refractivity contribution in [2.75, 3.05) is 19.6 Å². The minimum atomic E-state index is 0.0109. The molecule has 1 spiro atoms. The van der Waals surface area contributed by atoms with Crippen molar-refractivity contribution in [2.45, 2.75) is 57.8 Å². The number of likely N-dealkylation sites (tertiary alicyclic amines) is 1. The Hall–Kier alpha value is -1.16. The highest BCUT2D eigenvalue weighted by Gasteiger charge is 2.43. The Balaban J connectivity index is 1.58. The number of amides is 2. The number of nitrogens with zero attached hydrogens (tertiary/aromatic N) is 1. The van der Waals surface area contributed by atoms with Crippen LogP contribution in [0.4, 0.5) is 0 Å². The average Bonchev–Trinajstić information content (AvgIpc) is 2.48. The first-order chi connectivity index (χ1) is 10.2. The van der Waals surface area contributed by atoms with E-state index >= 15 is 0 Å². The van der Waals surface area contributed by atoms with Crippen molar-refractivity contribution < 1.29 is 9.59 Å². The zero-order valence-electron chi connectivity index (χ0n) is 12.8. The summed E-state index contributed by atoms with van der Waals surface area (Å²) in [5.74, 6) is 0.144. The van der Waals surface area contributed by atoms with Gasteiger partial charge < -0.3 is 5.32 Å². The van der Waals surface area contributed by atoms with Gasteiger partial charge in [0.2, 0.25) is 11.8 Å². The maximum atomic E-state index is 12.4. The minimum Gasteiger partial charge on any atom is -0.313 e. The monoisotopic (exact) mass is 290 g/mol. The molecule has 2 amide bonds. The second-order valence-electron chi connectivity index (χ2n) is 6.92. The molecular weight excluding hydrogens is 264 g/mol. The van der Waals surface area contributed by atoms with E-state index in [4.69, 9.17) is 0 Å². The van der Waals surface area contributed by atoms with E-state index in [0.717, 1.165) is 38.8 Å². The molecule has 2 fully saturated rings. The molecule has 21 heavy (non-hydrogen) atoms. The van der Waals surface area contributed by atoms with Crippen LogP contribution in [0.2, 0.25) is 0 Å². The Morgan fingerprint density at radius 3 is 2.43 bits per heavy atom. The summed E-state index contributed by atoms with van der Waals surface area (Å²) in [6.07, 6.45) is 11.0. The van der Waals surface area contributed by atoms with Gasteiger partial charge in [0.1, 0.15) is 0 Å². The van der Waals surface area contributed by atoms with Crippen molar-refractivity contribution in [3.05, 3.63) is 11.6 Å². The molecule has 0 bridgehead atoms. The highest BCUT2D eigenvalue weighted by Crippen LogP contribution is 2.45. The Bertz CT molecular complexity index is 430. The Labute approximate surface area is 127 Å². The van der Waals surface area contributed by atoms with Crippen LogP contribution >= 0.6 is 0 Å². The Morgan fingerprint density at radius 2 is 1.81 bits per heavy atom. The maximum absolute atomic E-state index is 12.4. The van der Waals surface area contributed by atoms with Gasteiger partial charge in [-0.15, -0.1) is 0 Å². The number of carbonyl (C=O) groups is 2. The molecule has 0 aromatic heterocycles. The van der Waals surface area contributed by atoms with Gasteiger partial charge in [0, 0.05) is 25.9 Å². The van der Waals surface area contributed by atoms with E-state index in [-0.39, 0.29) is 17.2 Å². The van der Waals surface area contributed by atoms with Crippen LogP contribution in [0.1, 0.15) is 57.8 Å². The van der Waals surface area contributed by atoms with Crippen LogP contribution in [-0.4, -0.2) is 36.3 Å². The van der Waals surface area contributed by atoms with Crippen molar-refractivity contribution >= 4 is 11.8 Å². The number of hydrogen-bond acceptors (Lipinski definition) is 3. The molecule has 4 nitrogen and oxygen atoms in total. The van der Waals surface area contributed by atoms with Gasteiger partial charge in [-0.2, -0.15) is 0 Å². The predicted octanol–water partition coefficient (Wildman–Crippen LogP) is 2.40. The molecule has 4 heteroatoms. The fourth-order valence-electron chi connectivity index (χ4n) is 4.09. The van der Waals surface area contributed by atoms with Crippen LogP contribution in [0.5, 0.6) is 0 Å². The summed E-state index contributed by atoms with van der Waals surface area (Å²) in [4.78, 5) is 26.4. The summed E-state index contributed by atoms with van der Waals surface area (Å²) in [6, 6.07) is 0. The molecule has 0 aromatic carbocycles. The summed E-state index contributed by atoms with van der Waals surface area (Å²) in [6.45, 7) is 2.51. The van der Waals surface area contributed by atoms with E-state index in [1.165, 1.54) is 29.7 Å². The first-order valence-electron chi connectivity index (χ1n) is 8.40. The summed E-state index contributed by atoms with van der Waals surface area (Å²) >= 11 is 0. The largest absolute Gasteiger partial charge is 0.313 e. The molecule has 116 valence electrons. The minimum absolute atomic E-state index is 0.0109. The van der Waals surface area contributed by atoms with Crippen LogP contribution < -0.4 is 5.32 Å². The molecule has 1 saturated carbocycles. The molecule has 1 saturated heterocycles. The number of imide groups is 1. The maximum Gasteiger partial charge on any atom is 0.229 e. The first-order valence-corrected chi connectivity index (χ1v) is 8.40. The highest BCUT2D eigenvalue weighted by atomic mass is 16.2. The molecule has 2 heterocycles. The third-order valence-corrected chi connectivity index (χ3v) is 5.38. The van der Waals surface area contributed by atoms with Crippen molar-refractivity contribution in [3.63, 3.8) is 0 Å². The zero-order valence-corrected chi connectivity index (χ0v) is 12.8. The molecular formula is C17H26N2O2. The van der Waals surface area contributed by atoms with Crippen molar-refractivity contribution in [2.24, 2.45) is 5.41 Å². The van der Waals surface area contributed by atoms with Gasteiger partial charge in [0.25, 0.3) is 0 Å². The lowest BCUT2D eigenvalue weighted by atomic mass is 9.67. The molecule has 3 rings (SSSR count). The van der Waals surface area contributed by atoms with E-state index < -0.39 is 0 Å². The lowest BCUT2D eigenvalue weighted by Gasteiger charge is -2.42. The normalized spacial score (nSPS) is 26.1. The van der Waals surface area contributed by atoms with Crippen LogP contribution in [0, 0.1) is 5.41 Å². The number of rotatable bonds is 3. The topological polar surface area (TPSA) is 49.4 Å². The smallest absolute Gasteiger partial charge is 0.229 e. The van der Waals surface area contributed by atoms with E-state index in [0.29, 0.717) is 19.4 Å². The van der Waals surface area contributed by atoms with Crippen LogP contribution in [0.25, 0.3) is 0 Å². The summed E-state index contributed by atoms with van der Waals surface area (Å²) in [7, 11) is 0. The van der Waals surface area contributed by atoms with Crippen LogP contribution in [-0.2, 0) is 9.59 Å². The quantitative estimate of drug-likeness (QED) is 0.641. The van der Waals surface area contributed by atoms with Gasteiger partial charge in [-0.05, 0) is 37.6 Å². The molecule has 0 radical (unpaired) electrons. The van der Waals surface area contributed by atoms with E-state index in [9.17, 15) is 9.59 Å². The predicted molar refractivity (Wildman–Crippen MR) is 81.7 cm³/mol. The second kappa shape index (κ2) is 6.30. The SMILES string of the molecule is O=C1CC2(CCCCC2)CC(=O)N1CCC1=CCNCC1. The van der Waals surface area contributed by atoms with Crippen molar-refractivity contribution in [1.29, 1.82) is 0 Å². The number of piperidine rings is 1. The van der Waals surface area contributed by atoms with E-state index in [1.807, 2.05) is 0 Å². The second-order valence-corrected chi connectivity index (χ2v) is 6.92.